The van der Waals surface area contributed by atoms with Gasteiger partial charge in [-0.1, -0.05) is 0 Å². The molecular weight excluding hydrogens is 250 g/mol. The zero-order chi connectivity index (χ0) is 12.5. The summed E-state index contributed by atoms with van der Waals surface area (Å²) in [5, 5.41) is 12.1. The number of aromatic nitrogens is 1. The summed E-state index contributed by atoms with van der Waals surface area (Å²) in [6.07, 6.45) is -0.202. The molecule has 0 saturated carbocycles. The average molecular weight is 263 g/mol. The van der Waals surface area contributed by atoms with Gasteiger partial charge in [0.15, 0.2) is 0 Å². The summed E-state index contributed by atoms with van der Waals surface area (Å²) in [7, 11) is 1.61. The average Bonchev–Trinajstić information content (AvgIpc) is 2.92. The Labute approximate surface area is 109 Å². The third-order valence-electron chi connectivity index (χ3n) is 3.06. The summed E-state index contributed by atoms with van der Waals surface area (Å²) < 4.78 is 11.0. The molecule has 18 heavy (non-hydrogen) atoms. The van der Waals surface area contributed by atoms with Gasteiger partial charge in [0.05, 0.1) is 24.4 Å². The van der Waals surface area contributed by atoms with E-state index < -0.39 is 6.10 Å². The van der Waals surface area contributed by atoms with Crippen LogP contribution in [0.25, 0.3) is 0 Å². The lowest BCUT2D eigenvalue weighted by Gasteiger charge is -2.28. The minimum absolute atomic E-state index is 0.174. The predicted octanol–water partition coefficient (Wildman–Crippen LogP) is 2.71. The zero-order valence-corrected chi connectivity index (χ0v) is 10.7. The summed E-state index contributed by atoms with van der Waals surface area (Å²) in [5.74, 6) is 1.43. The molecule has 2 atom stereocenters. The molecule has 1 aliphatic heterocycles. The van der Waals surface area contributed by atoms with Crippen LogP contribution >= 0.6 is 11.3 Å². The van der Waals surface area contributed by atoms with Crippen molar-refractivity contribution in [1.82, 2.24) is 4.98 Å². The van der Waals surface area contributed by atoms with Crippen LogP contribution in [-0.2, 0) is 0 Å². The van der Waals surface area contributed by atoms with E-state index in [0.29, 0.717) is 12.2 Å². The molecule has 0 amide bonds. The molecule has 1 aliphatic rings. The molecule has 0 aliphatic carbocycles. The van der Waals surface area contributed by atoms with E-state index in [-0.39, 0.29) is 6.10 Å². The van der Waals surface area contributed by atoms with Gasteiger partial charge in [0, 0.05) is 17.4 Å². The SMILES string of the molecule is COc1ccc2c(c1)[C@H](O)CC(c1cscn1)O2. The normalized spacial score (nSPS) is 22.1. The van der Waals surface area contributed by atoms with Gasteiger partial charge in [0.1, 0.15) is 17.6 Å². The number of benzene rings is 1. The zero-order valence-electron chi connectivity index (χ0n) is 9.87. The van der Waals surface area contributed by atoms with Crippen LogP contribution in [0.3, 0.4) is 0 Å². The van der Waals surface area contributed by atoms with Gasteiger partial charge in [-0.05, 0) is 18.2 Å². The number of nitrogens with zero attached hydrogens (tertiary/aromatic N) is 1. The second-order valence-electron chi connectivity index (χ2n) is 4.18. The third-order valence-corrected chi connectivity index (χ3v) is 3.67. The van der Waals surface area contributed by atoms with Crippen LogP contribution in [0.15, 0.2) is 29.1 Å². The van der Waals surface area contributed by atoms with Crippen LogP contribution in [0, 0.1) is 0 Å². The molecule has 2 aromatic rings. The van der Waals surface area contributed by atoms with E-state index in [1.54, 1.807) is 12.6 Å². The molecule has 0 bridgehead atoms. The largest absolute Gasteiger partial charge is 0.497 e. The van der Waals surface area contributed by atoms with Gasteiger partial charge in [-0.25, -0.2) is 4.98 Å². The fourth-order valence-electron chi connectivity index (χ4n) is 2.11. The first kappa shape index (κ1) is 11.5. The molecule has 1 aromatic carbocycles. The third kappa shape index (κ3) is 1.95. The smallest absolute Gasteiger partial charge is 0.144 e. The Morgan fingerprint density at radius 2 is 2.39 bits per heavy atom. The van der Waals surface area contributed by atoms with E-state index in [9.17, 15) is 5.11 Å². The molecule has 3 rings (SSSR count). The van der Waals surface area contributed by atoms with E-state index in [0.717, 1.165) is 17.0 Å². The van der Waals surface area contributed by atoms with Gasteiger partial charge >= 0.3 is 0 Å². The van der Waals surface area contributed by atoms with Gasteiger partial charge in [-0.2, -0.15) is 0 Å². The summed E-state index contributed by atoms with van der Waals surface area (Å²) in [6, 6.07) is 5.47. The number of fused-ring (bicyclic) bond motifs is 1. The lowest BCUT2D eigenvalue weighted by Crippen LogP contribution is -2.19. The molecule has 0 spiro atoms. The van der Waals surface area contributed by atoms with Gasteiger partial charge in [-0.3, -0.25) is 0 Å². The van der Waals surface area contributed by atoms with Crippen LogP contribution in [0.1, 0.15) is 29.9 Å². The first-order valence-corrected chi connectivity index (χ1v) is 6.63. The number of aliphatic hydroxyl groups excluding tert-OH is 1. The topological polar surface area (TPSA) is 51.6 Å². The highest BCUT2D eigenvalue weighted by molar-refractivity contribution is 7.07. The number of aliphatic hydroxyl groups is 1. The van der Waals surface area contributed by atoms with E-state index >= 15 is 0 Å². The van der Waals surface area contributed by atoms with Crippen molar-refractivity contribution in [2.45, 2.75) is 18.6 Å². The Kier molecular flexibility index (Phi) is 2.93. The Balaban J connectivity index is 1.93. The standard InChI is InChI=1S/C13H13NO3S/c1-16-8-2-3-12-9(4-8)11(15)5-13(17-12)10-6-18-7-14-10/h2-4,6-7,11,13,15H,5H2,1H3/t11-,13?/m1/s1. The highest BCUT2D eigenvalue weighted by Gasteiger charge is 2.29. The highest BCUT2D eigenvalue weighted by atomic mass is 32.1. The highest BCUT2D eigenvalue weighted by Crippen LogP contribution is 2.41. The second kappa shape index (κ2) is 4.59. The van der Waals surface area contributed by atoms with Crippen molar-refractivity contribution in [2.75, 3.05) is 7.11 Å². The Bertz CT molecular complexity index is 541. The molecule has 0 saturated heterocycles. The first-order chi connectivity index (χ1) is 8.78. The lowest BCUT2D eigenvalue weighted by molar-refractivity contribution is 0.0637. The van der Waals surface area contributed by atoms with Crippen LogP contribution in [0.4, 0.5) is 0 Å². The van der Waals surface area contributed by atoms with E-state index in [2.05, 4.69) is 4.98 Å². The molecule has 4 nitrogen and oxygen atoms in total. The Morgan fingerprint density at radius 3 is 3.11 bits per heavy atom. The molecular formula is C13H13NO3S. The fourth-order valence-corrected chi connectivity index (χ4v) is 2.71. The van der Waals surface area contributed by atoms with Crippen molar-refractivity contribution in [2.24, 2.45) is 0 Å². The number of methoxy groups -OCH3 is 1. The molecule has 1 N–H and O–H groups in total. The minimum atomic E-state index is -0.546. The second-order valence-corrected chi connectivity index (χ2v) is 4.89. The minimum Gasteiger partial charge on any atom is -0.497 e. The van der Waals surface area contributed by atoms with Crippen molar-refractivity contribution < 1.29 is 14.6 Å². The number of hydrogen-bond donors (Lipinski definition) is 1. The molecule has 1 aromatic heterocycles. The number of thiazole rings is 1. The molecule has 0 fully saturated rings. The van der Waals surface area contributed by atoms with Gasteiger partial charge in [0.2, 0.25) is 0 Å². The maximum Gasteiger partial charge on any atom is 0.144 e. The molecule has 0 radical (unpaired) electrons. The summed E-state index contributed by atoms with van der Waals surface area (Å²) in [4.78, 5) is 4.24. The maximum atomic E-state index is 10.2. The van der Waals surface area contributed by atoms with Gasteiger partial charge in [0.25, 0.3) is 0 Å². The Hall–Kier alpha value is -1.59. The van der Waals surface area contributed by atoms with E-state index in [4.69, 9.17) is 9.47 Å². The lowest BCUT2D eigenvalue weighted by atomic mass is 9.97. The van der Waals surface area contributed by atoms with Crippen molar-refractivity contribution in [3.8, 4) is 11.5 Å². The molecule has 5 heteroatoms. The maximum absolute atomic E-state index is 10.2. The van der Waals surface area contributed by atoms with Crippen molar-refractivity contribution in [3.05, 3.63) is 40.3 Å². The number of hydrogen-bond acceptors (Lipinski definition) is 5. The van der Waals surface area contributed by atoms with Crippen LogP contribution in [0.5, 0.6) is 11.5 Å². The van der Waals surface area contributed by atoms with Gasteiger partial charge in [-0.15, -0.1) is 11.3 Å². The quantitative estimate of drug-likeness (QED) is 0.905. The molecule has 2 heterocycles. The van der Waals surface area contributed by atoms with Crippen molar-refractivity contribution >= 4 is 11.3 Å². The monoisotopic (exact) mass is 263 g/mol. The first-order valence-electron chi connectivity index (χ1n) is 5.68. The predicted molar refractivity (Wildman–Crippen MR) is 68.1 cm³/mol. The van der Waals surface area contributed by atoms with Crippen molar-refractivity contribution in [1.29, 1.82) is 0 Å². The van der Waals surface area contributed by atoms with Gasteiger partial charge < -0.3 is 14.6 Å². The van der Waals surface area contributed by atoms with Crippen LogP contribution < -0.4 is 9.47 Å². The van der Waals surface area contributed by atoms with E-state index in [1.807, 2.05) is 23.6 Å². The van der Waals surface area contributed by atoms with E-state index in [1.165, 1.54) is 11.3 Å². The van der Waals surface area contributed by atoms with Crippen molar-refractivity contribution in [3.63, 3.8) is 0 Å². The number of ether oxygens (including phenoxy) is 2. The van der Waals surface area contributed by atoms with Crippen LogP contribution in [-0.4, -0.2) is 17.2 Å². The van der Waals surface area contributed by atoms with Crippen LogP contribution in [0.2, 0.25) is 0 Å². The summed E-state index contributed by atoms with van der Waals surface area (Å²) in [6.45, 7) is 0. The summed E-state index contributed by atoms with van der Waals surface area (Å²) >= 11 is 1.53. The summed E-state index contributed by atoms with van der Waals surface area (Å²) in [5.41, 5.74) is 3.43. The molecule has 1 unspecified atom stereocenters. The molecule has 94 valence electrons. The fraction of sp³-hybridized carbons (Fsp3) is 0.308. The number of rotatable bonds is 2. The Morgan fingerprint density at radius 1 is 1.50 bits per heavy atom.